The molecule has 156 valence electrons. The summed E-state index contributed by atoms with van der Waals surface area (Å²) < 4.78 is 38.4. The number of nitrogens with zero attached hydrogens (tertiary/aromatic N) is 2. The van der Waals surface area contributed by atoms with Crippen LogP contribution in [0, 0.1) is 0 Å². The average Bonchev–Trinajstić information content (AvgIpc) is 2.70. The Bertz CT molecular complexity index is 1140. The van der Waals surface area contributed by atoms with Crippen LogP contribution in [0.15, 0.2) is 47.3 Å². The zero-order valence-corrected chi connectivity index (χ0v) is 17.1. The van der Waals surface area contributed by atoms with E-state index in [1.165, 1.54) is 12.1 Å². The lowest BCUT2D eigenvalue weighted by atomic mass is 10.0. The lowest BCUT2D eigenvalue weighted by Crippen LogP contribution is -2.35. The highest BCUT2D eigenvalue weighted by Crippen LogP contribution is 2.30. The van der Waals surface area contributed by atoms with Crippen LogP contribution in [0.3, 0.4) is 0 Å². The first-order chi connectivity index (χ1) is 14.2. The first-order valence-corrected chi connectivity index (χ1v) is 9.92. The fraction of sp³-hybridized carbons (Fsp3) is 0.238. The summed E-state index contributed by atoms with van der Waals surface area (Å²) in [5.74, 6) is 0.254. The summed E-state index contributed by atoms with van der Waals surface area (Å²) in [5, 5.41) is 0.963. The number of fused-ring (bicyclic) bond motifs is 1. The Balaban J connectivity index is 1.58. The minimum atomic E-state index is -4.42. The van der Waals surface area contributed by atoms with Crippen LogP contribution >= 0.6 is 23.2 Å². The summed E-state index contributed by atoms with van der Waals surface area (Å²) in [4.78, 5) is 21.9. The highest BCUT2D eigenvalue weighted by atomic mass is 35.5. The van der Waals surface area contributed by atoms with Gasteiger partial charge in [0.2, 0.25) is 0 Å². The van der Waals surface area contributed by atoms with Crippen molar-refractivity contribution in [3.05, 3.63) is 85.2 Å². The summed E-state index contributed by atoms with van der Waals surface area (Å²) in [5.41, 5.74) is 1.63. The summed E-state index contributed by atoms with van der Waals surface area (Å²) in [6.45, 7) is 1.74. The van der Waals surface area contributed by atoms with Crippen LogP contribution in [0.5, 0.6) is 0 Å². The summed E-state index contributed by atoms with van der Waals surface area (Å²) in [7, 11) is 0. The molecule has 1 aliphatic rings. The number of alkyl halides is 3. The van der Waals surface area contributed by atoms with Crippen molar-refractivity contribution >= 4 is 23.2 Å². The lowest BCUT2D eigenvalue weighted by molar-refractivity contribution is -0.137. The predicted octanol–water partition coefficient (Wildman–Crippen LogP) is 5.32. The van der Waals surface area contributed by atoms with Crippen LogP contribution in [-0.2, 0) is 25.7 Å². The first-order valence-electron chi connectivity index (χ1n) is 9.16. The average molecular weight is 454 g/mol. The van der Waals surface area contributed by atoms with Gasteiger partial charge in [0.1, 0.15) is 5.82 Å². The number of rotatable bonds is 3. The van der Waals surface area contributed by atoms with Gasteiger partial charge in [0.15, 0.2) is 0 Å². The molecular weight excluding hydrogens is 438 g/mol. The second kappa shape index (κ2) is 8.06. The lowest BCUT2D eigenvalue weighted by Gasteiger charge is -2.27. The molecule has 0 aliphatic carbocycles. The van der Waals surface area contributed by atoms with Gasteiger partial charge in [-0.05, 0) is 36.2 Å². The van der Waals surface area contributed by atoms with Gasteiger partial charge >= 0.3 is 6.18 Å². The number of aromatic nitrogens is 2. The quantitative estimate of drug-likeness (QED) is 0.583. The molecule has 0 bridgehead atoms. The number of halogens is 5. The van der Waals surface area contributed by atoms with Crippen molar-refractivity contribution in [2.45, 2.75) is 25.7 Å². The third-order valence-corrected chi connectivity index (χ3v) is 5.77. The minimum absolute atomic E-state index is 0.254. The maximum atomic E-state index is 12.8. The van der Waals surface area contributed by atoms with Crippen molar-refractivity contribution in [1.29, 1.82) is 0 Å². The van der Waals surface area contributed by atoms with Crippen LogP contribution in [0.4, 0.5) is 13.2 Å². The highest BCUT2D eigenvalue weighted by molar-refractivity contribution is 6.42. The molecule has 1 N–H and O–H groups in total. The van der Waals surface area contributed by atoms with Gasteiger partial charge in [-0.1, -0.05) is 41.4 Å². The zero-order valence-electron chi connectivity index (χ0n) is 15.6. The molecule has 0 atom stereocenters. The topological polar surface area (TPSA) is 49.0 Å². The van der Waals surface area contributed by atoms with Crippen LogP contribution < -0.4 is 5.56 Å². The number of hydrogen-bond donors (Lipinski definition) is 1. The molecule has 0 saturated carbocycles. The molecule has 0 radical (unpaired) electrons. The maximum Gasteiger partial charge on any atom is 0.416 e. The van der Waals surface area contributed by atoms with Gasteiger partial charge in [0.05, 0.1) is 21.3 Å². The first kappa shape index (κ1) is 20.9. The van der Waals surface area contributed by atoms with Gasteiger partial charge in [0, 0.05) is 30.8 Å². The van der Waals surface area contributed by atoms with Crippen LogP contribution in [0.1, 0.15) is 22.4 Å². The molecule has 0 fully saturated rings. The molecule has 30 heavy (non-hydrogen) atoms. The Morgan fingerprint density at radius 1 is 1.07 bits per heavy atom. The standard InChI is InChI=1S/C21H16Cl2F3N3O/c22-16-6-1-12(9-17(16)23)10-29-8-7-15-18(11-29)27-19(28-20(15)30)13-2-4-14(5-3-13)21(24,25)26/h1-6,9H,7-8,10-11H2,(H,27,28,30). The Hall–Kier alpha value is -2.35. The van der Waals surface area contributed by atoms with Crippen molar-refractivity contribution in [2.75, 3.05) is 6.54 Å². The smallest absolute Gasteiger partial charge is 0.306 e. The van der Waals surface area contributed by atoms with E-state index in [4.69, 9.17) is 23.2 Å². The van der Waals surface area contributed by atoms with E-state index in [0.717, 1.165) is 17.7 Å². The molecule has 4 nitrogen and oxygen atoms in total. The van der Waals surface area contributed by atoms with Crippen LogP contribution in [0.25, 0.3) is 11.4 Å². The SMILES string of the molecule is O=c1[nH]c(-c2ccc(C(F)(F)F)cc2)nc2c1CCN(Cc1ccc(Cl)c(Cl)c1)C2. The molecule has 0 spiro atoms. The van der Waals surface area contributed by atoms with Crippen molar-refractivity contribution in [2.24, 2.45) is 0 Å². The van der Waals surface area contributed by atoms with E-state index in [2.05, 4.69) is 14.9 Å². The molecule has 1 aromatic heterocycles. The molecule has 0 unspecified atom stereocenters. The Kier molecular flexibility index (Phi) is 5.61. The molecule has 0 amide bonds. The van der Waals surface area contributed by atoms with Gasteiger partial charge in [-0.2, -0.15) is 13.2 Å². The molecule has 9 heteroatoms. The van der Waals surface area contributed by atoms with Crippen molar-refractivity contribution in [3.8, 4) is 11.4 Å². The number of aromatic amines is 1. The zero-order chi connectivity index (χ0) is 21.5. The number of benzene rings is 2. The van der Waals surface area contributed by atoms with Crippen LogP contribution in [0.2, 0.25) is 10.0 Å². The van der Waals surface area contributed by atoms with E-state index in [-0.39, 0.29) is 11.4 Å². The van der Waals surface area contributed by atoms with Gasteiger partial charge in [-0.25, -0.2) is 4.98 Å². The maximum absolute atomic E-state index is 12.8. The second-order valence-electron chi connectivity index (χ2n) is 7.12. The van der Waals surface area contributed by atoms with Gasteiger partial charge in [0.25, 0.3) is 5.56 Å². The number of nitrogens with one attached hydrogen (secondary N) is 1. The third kappa shape index (κ3) is 4.38. The van der Waals surface area contributed by atoms with E-state index in [0.29, 0.717) is 52.9 Å². The third-order valence-electron chi connectivity index (χ3n) is 5.03. The van der Waals surface area contributed by atoms with E-state index < -0.39 is 11.7 Å². The number of hydrogen-bond acceptors (Lipinski definition) is 3. The molecule has 2 heterocycles. The van der Waals surface area contributed by atoms with Crippen molar-refractivity contribution < 1.29 is 13.2 Å². The summed E-state index contributed by atoms with van der Waals surface area (Å²) in [6.07, 6.45) is -3.88. The predicted molar refractivity (Wildman–Crippen MR) is 110 cm³/mol. The second-order valence-corrected chi connectivity index (χ2v) is 7.94. The van der Waals surface area contributed by atoms with E-state index in [9.17, 15) is 18.0 Å². The monoisotopic (exact) mass is 453 g/mol. The minimum Gasteiger partial charge on any atom is -0.306 e. The van der Waals surface area contributed by atoms with Crippen LogP contribution in [-0.4, -0.2) is 21.4 Å². The summed E-state index contributed by atoms with van der Waals surface area (Å²) in [6, 6.07) is 10.0. The normalized spacial score (nSPS) is 14.6. The van der Waals surface area contributed by atoms with Gasteiger partial charge in [-0.15, -0.1) is 0 Å². The highest BCUT2D eigenvalue weighted by Gasteiger charge is 2.30. The van der Waals surface area contributed by atoms with Crippen molar-refractivity contribution in [1.82, 2.24) is 14.9 Å². The molecule has 0 saturated heterocycles. The molecule has 2 aromatic carbocycles. The Morgan fingerprint density at radius 2 is 1.80 bits per heavy atom. The largest absolute Gasteiger partial charge is 0.416 e. The van der Waals surface area contributed by atoms with Gasteiger partial charge in [-0.3, -0.25) is 9.69 Å². The van der Waals surface area contributed by atoms with Crippen molar-refractivity contribution in [3.63, 3.8) is 0 Å². The molecule has 4 rings (SSSR count). The Morgan fingerprint density at radius 3 is 2.47 bits per heavy atom. The fourth-order valence-corrected chi connectivity index (χ4v) is 3.80. The van der Waals surface area contributed by atoms with E-state index >= 15 is 0 Å². The Labute approximate surface area is 180 Å². The molecular formula is C21H16Cl2F3N3O. The number of H-pyrrole nitrogens is 1. The fourth-order valence-electron chi connectivity index (χ4n) is 3.48. The van der Waals surface area contributed by atoms with Gasteiger partial charge < -0.3 is 4.98 Å². The van der Waals surface area contributed by atoms with E-state index in [1.807, 2.05) is 6.07 Å². The molecule has 3 aromatic rings. The molecule has 1 aliphatic heterocycles. The summed E-state index contributed by atoms with van der Waals surface area (Å²) >= 11 is 12.0. The van der Waals surface area contributed by atoms with E-state index in [1.54, 1.807) is 12.1 Å².